The third-order valence-corrected chi connectivity index (χ3v) is 1.47. The first kappa shape index (κ1) is 7.77. The fourth-order valence-electron chi connectivity index (χ4n) is 0.944. The number of hydrogen-bond donors (Lipinski definition) is 1. The number of nitrogens with zero attached hydrogens (tertiary/aromatic N) is 3. The maximum atomic E-state index is 10.3. The highest BCUT2D eigenvalue weighted by Crippen LogP contribution is 2.05. The SMILES string of the molecule is CCCC1NN=CN1[N+](=O)[O-]. The molecule has 1 aliphatic rings. The van der Waals surface area contributed by atoms with Gasteiger partial charge in [0.15, 0.2) is 17.5 Å². The van der Waals surface area contributed by atoms with Gasteiger partial charge in [0.25, 0.3) is 0 Å². The highest BCUT2D eigenvalue weighted by molar-refractivity contribution is 5.54. The van der Waals surface area contributed by atoms with Crippen LogP contribution in [-0.4, -0.2) is 22.5 Å². The highest BCUT2D eigenvalue weighted by atomic mass is 16.7. The summed E-state index contributed by atoms with van der Waals surface area (Å²) in [5, 5.41) is 14.4. The number of hydrazone groups is 1. The Morgan fingerprint density at radius 1 is 1.91 bits per heavy atom. The monoisotopic (exact) mass is 158 g/mol. The van der Waals surface area contributed by atoms with Crippen LogP contribution in [0.5, 0.6) is 0 Å². The topological polar surface area (TPSA) is 70.8 Å². The lowest BCUT2D eigenvalue weighted by molar-refractivity contribution is -0.635. The van der Waals surface area contributed by atoms with Crippen molar-refractivity contribution in [2.75, 3.05) is 0 Å². The number of hydrazine groups is 1. The highest BCUT2D eigenvalue weighted by Gasteiger charge is 2.27. The molecule has 6 heteroatoms. The Kier molecular flexibility index (Phi) is 2.25. The Balaban J connectivity index is 2.49. The molecule has 0 spiro atoms. The summed E-state index contributed by atoms with van der Waals surface area (Å²) in [4.78, 5) is 10.3. The van der Waals surface area contributed by atoms with Gasteiger partial charge in [-0.3, -0.25) is 5.43 Å². The van der Waals surface area contributed by atoms with Gasteiger partial charge in [-0.05, 0) is 6.42 Å². The molecule has 0 radical (unpaired) electrons. The maximum Gasteiger partial charge on any atom is 0.180 e. The first-order valence-electron chi connectivity index (χ1n) is 3.47. The summed E-state index contributed by atoms with van der Waals surface area (Å²) >= 11 is 0. The summed E-state index contributed by atoms with van der Waals surface area (Å²) in [6.07, 6.45) is 2.54. The van der Waals surface area contributed by atoms with E-state index in [1.807, 2.05) is 6.92 Å². The Bertz CT molecular complexity index is 181. The molecule has 0 saturated heterocycles. The second-order valence-corrected chi connectivity index (χ2v) is 2.30. The van der Waals surface area contributed by atoms with Gasteiger partial charge in [0, 0.05) is 0 Å². The van der Waals surface area contributed by atoms with E-state index in [0.29, 0.717) is 0 Å². The zero-order valence-electron chi connectivity index (χ0n) is 6.23. The van der Waals surface area contributed by atoms with Crippen molar-refractivity contribution in [2.24, 2.45) is 5.10 Å². The third-order valence-electron chi connectivity index (χ3n) is 1.47. The van der Waals surface area contributed by atoms with E-state index in [0.717, 1.165) is 17.9 Å². The zero-order valence-corrected chi connectivity index (χ0v) is 6.23. The number of nitrogens with one attached hydrogen (secondary N) is 1. The molecule has 1 aliphatic heterocycles. The first-order chi connectivity index (χ1) is 5.25. The van der Waals surface area contributed by atoms with Gasteiger partial charge in [0.2, 0.25) is 0 Å². The fraction of sp³-hybridized carbons (Fsp3) is 0.800. The molecule has 1 atom stereocenters. The van der Waals surface area contributed by atoms with Crippen molar-refractivity contribution in [3.8, 4) is 0 Å². The van der Waals surface area contributed by atoms with Crippen LogP contribution < -0.4 is 5.43 Å². The lowest BCUT2D eigenvalue weighted by Crippen LogP contribution is -2.40. The number of rotatable bonds is 3. The normalized spacial score (nSPS) is 21.9. The molecule has 0 aromatic heterocycles. The summed E-state index contributed by atoms with van der Waals surface area (Å²) in [7, 11) is 0. The molecule has 0 saturated carbocycles. The van der Waals surface area contributed by atoms with Gasteiger partial charge in [0.05, 0.1) is 0 Å². The molecule has 0 aliphatic carbocycles. The van der Waals surface area contributed by atoms with Crippen molar-refractivity contribution in [1.29, 1.82) is 0 Å². The first-order valence-corrected chi connectivity index (χ1v) is 3.47. The van der Waals surface area contributed by atoms with E-state index >= 15 is 0 Å². The van der Waals surface area contributed by atoms with Gasteiger partial charge >= 0.3 is 0 Å². The van der Waals surface area contributed by atoms with E-state index in [1.54, 1.807) is 0 Å². The van der Waals surface area contributed by atoms with Crippen LogP contribution in [0.15, 0.2) is 5.10 Å². The van der Waals surface area contributed by atoms with Gasteiger partial charge in [-0.1, -0.05) is 18.4 Å². The zero-order chi connectivity index (χ0) is 8.27. The van der Waals surface area contributed by atoms with E-state index in [2.05, 4.69) is 10.5 Å². The van der Waals surface area contributed by atoms with Crippen molar-refractivity contribution in [3.63, 3.8) is 0 Å². The maximum absolute atomic E-state index is 10.3. The molecule has 1 heterocycles. The summed E-state index contributed by atoms with van der Waals surface area (Å²) < 4.78 is 0. The van der Waals surface area contributed by atoms with Gasteiger partial charge < -0.3 is 0 Å². The van der Waals surface area contributed by atoms with Crippen molar-refractivity contribution in [1.82, 2.24) is 10.4 Å². The molecular formula is C5H10N4O2. The van der Waals surface area contributed by atoms with E-state index in [-0.39, 0.29) is 6.17 Å². The minimum atomic E-state index is -0.468. The molecule has 6 nitrogen and oxygen atoms in total. The Morgan fingerprint density at radius 2 is 2.64 bits per heavy atom. The average Bonchev–Trinajstić information content (AvgIpc) is 2.36. The predicted molar refractivity (Wildman–Crippen MR) is 39.2 cm³/mol. The van der Waals surface area contributed by atoms with Gasteiger partial charge in [-0.2, -0.15) is 5.10 Å². The van der Waals surface area contributed by atoms with Crippen molar-refractivity contribution in [3.05, 3.63) is 10.1 Å². The Labute approximate surface area is 64.0 Å². The summed E-state index contributed by atoms with van der Waals surface area (Å²) in [5.74, 6) is 0. The van der Waals surface area contributed by atoms with Gasteiger partial charge in [0.1, 0.15) is 0 Å². The minimum Gasteiger partial charge on any atom is -0.280 e. The molecule has 1 unspecified atom stereocenters. The number of nitro groups is 1. The summed E-state index contributed by atoms with van der Waals surface area (Å²) in [6.45, 7) is 1.97. The fourth-order valence-corrected chi connectivity index (χ4v) is 0.944. The lowest BCUT2D eigenvalue weighted by atomic mass is 10.3. The predicted octanol–water partition coefficient (Wildman–Crippen LogP) is 0.153. The van der Waals surface area contributed by atoms with Crippen LogP contribution in [0, 0.1) is 10.1 Å². The van der Waals surface area contributed by atoms with Crippen LogP contribution in [-0.2, 0) is 0 Å². The molecule has 1 rings (SSSR count). The van der Waals surface area contributed by atoms with Crippen LogP contribution >= 0.6 is 0 Å². The average molecular weight is 158 g/mol. The molecule has 0 fully saturated rings. The van der Waals surface area contributed by atoms with Gasteiger partial charge in [-0.25, -0.2) is 10.1 Å². The summed E-state index contributed by atoms with van der Waals surface area (Å²) in [6, 6.07) is 0. The van der Waals surface area contributed by atoms with Crippen molar-refractivity contribution >= 4 is 6.34 Å². The van der Waals surface area contributed by atoms with Crippen LogP contribution in [0.4, 0.5) is 0 Å². The largest absolute Gasteiger partial charge is 0.280 e. The smallest absolute Gasteiger partial charge is 0.180 e. The quantitative estimate of drug-likeness (QED) is 0.469. The second-order valence-electron chi connectivity index (χ2n) is 2.30. The van der Waals surface area contributed by atoms with Crippen LogP contribution in [0.25, 0.3) is 0 Å². The Morgan fingerprint density at radius 3 is 3.18 bits per heavy atom. The second kappa shape index (κ2) is 3.18. The van der Waals surface area contributed by atoms with E-state index in [4.69, 9.17) is 0 Å². The standard InChI is InChI=1S/C5H10N4O2/c1-2-3-5-7-6-4-8(5)9(10)11/h4-5,7H,2-3H2,1H3. The minimum absolute atomic E-state index is 0.269. The van der Waals surface area contributed by atoms with E-state index < -0.39 is 5.03 Å². The van der Waals surface area contributed by atoms with E-state index in [1.165, 1.54) is 6.34 Å². The van der Waals surface area contributed by atoms with Crippen molar-refractivity contribution < 1.29 is 5.03 Å². The molecule has 11 heavy (non-hydrogen) atoms. The molecule has 0 aromatic rings. The molecular weight excluding hydrogens is 148 g/mol. The van der Waals surface area contributed by atoms with E-state index in [9.17, 15) is 10.1 Å². The van der Waals surface area contributed by atoms with Gasteiger partial charge in [-0.15, -0.1) is 0 Å². The van der Waals surface area contributed by atoms with Crippen LogP contribution in [0.2, 0.25) is 0 Å². The molecule has 0 bridgehead atoms. The molecule has 0 aromatic carbocycles. The molecule has 62 valence electrons. The molecule has 0 amide bonds. The molecule has 1 N–H and O–H groups in total. The van der Waals surface area contributed by atoms with Crippen LogP contribution in [0.1, 0.15) is 19.8 Å². The Hall–Kier alpha value is -1.33. The van der Waals surface area contributed by atoms with Crippen LogP contribution in [0.3, 0.4) is 0 Å². The van der Waals surface area contributed by atoms with Crippen molar-refractivity contribution in [2.45, 2.75) is 25.9 Å². The lowest BCUT2D eigenvalue weighted by Gasteiger charge is -2.12. The number of hydrogen-bond acceptors (Lipinski definition) is 4. The third kappa shape index (κ3) is 1.57. The summed E-state index contributed by atoms with van der Waals surface area (Å²) in [5.41, 5.74) is 2.64.